The number of hydrogen-bond donors (Lipinski definition) is 1. The number of rotatable bonds is 4. The molecule has 0 aromatic heterocycles. The summed E-state index contributed by atoms with van der Waals surface area (Å²) in [4.78, 5) is 2.74. The molecule has 104 valence electrons. The van der Waals surface area contributed by atoms with Crippen molar-refractivity contribution in [2.24, 2.45) is 5.73 Å². The Kier molecular flexibility index (Phi) is 4.74. The van der Waals surface area contributed by atoms with E-state index in [2.05, 4.69) is 17.9 Å². The Balaban J connectivity index is 2.12. The summed E-state index contributed by atoms with van der Waals surface area (Å²) in [7, 11) is 1.63. The van der Waals surface area contributed by atoms with Crippen LogP contribution in [-0.4, -0.2) is 42.8 Å². The van der Waals surface area contributed by atoms with Gasteiger partial charge >= 0.3 is 0 Å². The Labute approximate surface area is 119 Å². The average molecular weight is 280 g/mol. The lowest BCUT2D eigenvalue weighted by molar-refractivity contribution is -0.0212. The lowest BCUT2D eigenvalue weighted by Gasteiger charge is -2.31. The number of morpholine rings is 1. The van der Waals surface area contributed by atoms with E-state index < -0.39 is 0 Å². The highest BCUT2D eigenvalue weighted by atomic mass is 32.1. The largest absolute Gasteiger partial charge is 0.496 e. The maximum Gasteiger partial charge on any atom is 0.129 e. The van der Waals surface area contributed by atoms with Crippen LogP contribution in [0.4, 0.5) is 0 Å². The summed E-state index contributed by atoms with van der Waals surface area (Å²) in [6.45, 7) is 5.68. The van der Waals surface area contributed by atoms with E-state index in [1.807, 2.05) is 12.1 Å². The monoisotopic (exact) mass is 280 g/mol. The first kappa shape index (κ1) is 14.2. The van der Waals surface area contributed by atoms with Gasteiger partial charge in [-0.2, -0.15) is 0 Å². The van der Waals surface area contributed by atoms with Crippen LogP contribution in [0.25, 0.3) is 0 Å². The molecule has 1 unspecified atom stereocenters. The molecule has 0 spiro atoms. The van der Waals surface area contributed by atoms with Gasteiger partial charge in [0.2, 0.25) is 0 Å². The molecule has 1 aliphatic rings. The van der Waals surface area contributed by atoms with Crippen molar-refractivity contribution in [1.82, 2.24) is 4.90 Å². The van der Waals surface area contributed by atoms with Crippen LogP contribution in [0, 0.1) is 0 Å². The van der Waals surface area contributed by atoms with Gasteiger partial charge in [-0.15, -0.1) is 0 Å². The van der Waals surface area contributed by atoms with Crippen LogP contribution in [-0.2, 0) is 11.3 Å². The van der Waals surface area contributed by atoms with Crippen LogP contribution in [0.2, 0.25) is 0 Å². The second-order valence-electron chi connectivity index (χ2n) is 4.82. The van der Waals surface area contributed by atoms with E-state index >= 15 is 0 Å². The van der Waals surface area contributed by atoms with E-state index in [1.54, 1.807) is 7.11 Å². The number of ether oxygens (including phenoxy) is 2. The Morgan fingerprint density at radius 2 is 2.37 bits per heavy atom. The molecule has 0 aliphatic carbocycles. The molecule has 0 saturated carbocycles. The molecule has 0 radical (unpaired) electrons. The topological polar surface area (TPSA) is 47.7 Å². The summed E-state index contributed by atoms with van der Waals surface area (Å²) in [5.41, 5.74) is 7.73. The number of nitrogens with zero attached hydrogens (tertiary/aromatic N) is 1. The molecule has 1 aromatic rings. The average Bonchev–Trinajstić information content (AvgIpc) is 2.38. The van der Waals surface area contributed by atoms with E-state index in [9.17, 15) is 0 Å². The lowest BCUT2D eigenvalue weighted by Crippen LogP contribution is -2.40. The molecule has 2 rings (SSSR count). The SMILES string of the molecule is COc1ccc(CN2CCOC(C)C2)cc1C(N)=S. The van der Waals surface area contributed by atoms with E-state index in [0.29, 0.717) is 11.1 Å². The number of hydrogen-bond acceptors (Lipinski definition) is 4. The van der Waals surface area contributed by atoms with Crippen molar-refractivity contribution in [2.75, 3.05) is 26.8 Å². The predicted octanol–water partition coefficient (Wildman–Crippen LogP) is 1.55. The Hall–Kier alpha value is -1.17. The molecule has 0 bridgehead atoms. The number of thiocarbonyl (C=S) groups is 1. The van der Waals surface area contributed by atoms with Gasteiger partial charge in [0.1, 0.15) is 10.7 Å². The molecule has 5 heteroatoms. The summed E-state index contributed by atoms with van der Waals surface area (Å²) in [5.74, 6) is 0.728. The third-order valence-electron chi connectivity index (χ3n) is 3.26. The smallest absolute Gasteiger partial charge is 0.129 e. The number of benzene rings is 1. The third-order valence-corrected chi connectivity index (χ3v) is 3.48. The molecule has 19 heavy (non-hydrogen) atoms. The first-order valence-corrected chi connectivity index (χ1v) is 6.81. The summed E-state index contributed by atoms with van der Waals surface area (Å²) in [6.07, 6.45) is 0.294. The van der Waals surface area contributed by atoms with E-state index in [1.165, 1.54) is 5.56 Å². The zero-order valence-corrected chi connectivity index (χ0v) is 12.2. The molecule has 0 amide bonds. The van der Waals surface area contributed by atoms with Gasteiger partial charge in [-0.25, -0.2) is 0 Å². The van der Waals surface area contributed by atoms with Crippen LogP contribution >= 0.6 is 12.2 Å². The van der Waals surface area contributed by atoms with Crippen molar-refractivity contribution in [2.45, 2.75) is 19.6 Å². The van der Waals surface area contributed by atoms with Gasteiger partial charge in [0.05, 0.1) is 25.4 Å². The van der Waals surface area contributed by atoms with Crippen LogP contribution in [0.5, 0.6) is 5.75 Å². The molecule has 1 aromatic carbocycles. The fraction of sp³-hybridized carbons (Fsp3) is 0.500. The zero-order chi connectivity index (χ0) is 13.8. The second kappa shape index (κ2) is 6.32. The molecular weight excluding hydrogens is 260 g/mol. The fourth-order valence-electron chi connectivity index (χ4n) is 2.34. The molecule has 1 atom stereocenters. The Morgan fingerprint density at radius 1 is 1.58 bits per heavy atom. The predicted molar refractivity (Wildman–Crippen MR) is 79.6 cm³/mol. The molecule has 1 aliphatic heterocycles. The summed E-state index contributed by atoms with van der Waals surface area (Å²) in [6, 6.07) is 6.00. The van der Waals surface area contributed by atoms with E-state index in [4.69, 9.17) is 27.4 Å². The van der Waals surface area contributed by atoms with Crippen molar-refractivity contribution in [3.05, 3.63) is 29.3 Å². The highest BCUT2D eigenvalue weighted by Crippen LogP contribution is 2.21. The molecular formula is C14H20N2O2S. The molecule has 4 nitrogen and oxygen atoms in total. The zero-order valence-electron chi connectivity index (χ0n) is 11.4. The summed E-state index contributed by atoms with van der Waals surface area (Å²) in [5, 5.41) is 0. The quantitative estimate of drug-likeness (QED) is 0.848. The normalized spacial score (nSPS) is 20.2. The Morgan fingerprint density at radius 3 is 3.00 bits per heavy atom. The molecule has 1 heterocycles. The Bertz CT molecular complexity index is 465. The van der Waals surface area contributed by atoms with Gasteiger partial charge in [0.15, 0.2) is 0 Å². The highest BCUT2D eigenvalue weighted by molar-refractivity contribution is 7.80. The van der Waals surface area contributed by atoms with E-state index in [0.717, 1.165) is 37.6 Å². The first-order chi connectivity index (χ1) is 9.10. The molecule has 2 N–H and O–H groups in total. The van der Waals surface area contributed by atoms with Gasteiger partial charge in [-0.1, -0.05) is 18.3 Å². The molecule has 1 fully saturated rings. The van der Waals surface area contributed by atoms with Crippen LogP contribution < -0.4 is 10.5 Å². The minimum absolute atomic E-state index is 0.294. The fourth-order valence-corrected chi connectivity index (χ4v) is 2.50. The van der Waals surface area contributed by atoms with Gasteiger partial charge < -0.3 is 15.2 Å². The standard InChI is InChI=1S/C14H20N2O2S/c1-10-8-16(5-6-18-10)9-11-3-4-13(17-2)12(7-11)14(15)19/h3-4,7,10H,5-6,8-9H2,1-2H3,(H2,15,19). The maximum atomic E-state index is 5.73. The van der Waals surface area contributed by atoms with Crippen LogP contribution in [0.1, 0.15) is 18.1 Å². The van der Waals surface area contributed by atoms with Gasteiger partial charge in [0.25, 0.3) is 0 Å². The number of nitrogens with two attached hydrogens (primary N) is 1. The van der Waals surface area contributed by atoms with Crippen LogP contribution in [0.3, 0.4) is 0 Å². The minimum atomic E-state index is 0.294. The van der Waals surface area contributed by atoms with Gasteiger partial charge in [-0.3, -0.25) is 4.90 Å². The third kappa shape index (κ3) is 3.65. The summed E-state index contributed by atoms with van der Waals surface area (Å²) >= 11 is 5.06. The van der Waals surface area contributed by atoms with Gasteiger partial charge in [0, 0.05) is 19.6 Å². The van der Waals surface area contributed by atoms with E-state index in [-0.39, 0.29) is 0 Å². The molecule has 1 saturated heterocycles. The highest BCUT2D eigenvalue weighted by Gasteiger charge is 2.17. The van der Waals surface area contributed by atoms with Crippen molar-refractivity contribution in [1.29, 1.82) is 0 Å². The van der Waals surface area contributed by atoms with Crippen LogP contribution in [0.15, 0.2) is 18.2 Å². The van der Waals surface area contributed by atoms with Gasteiger partial charge in [-0.05, 0) is 24.6 Å². The second-order valence-corrected chi connectivity index (χ2v) is 5.26. The minimum Gasteiger partial charge on any atom is -0.496 e. The van der Waals surface area contributed by atoms with Crippen molar-refractivity contribution < 1.29 is 9.47 Å². The van der Waals surface area contributed by atoms with Crippen molar-refractivity contribution >= 4 is 17.2 Å². The first-order valence-electron chi connectivity index (χ1n) is 6.41. The van der Waals surface area contributed by atoms with Crippen molar-refractivity contribution in [3.63, 3.8) is 0 Å². The number of methoxy groups -OCH3 is 1. The lowest BCUT2D eigenvalue weighted by atomic mass is 10.1. The summed E-state index contributed by atoms with van der Waals surface area (Å²) < 4.78 is 10.8. The van der Waals surface area contributed by atoms with Crippen molar-refractivity contribution in [3.8, 4) is 5.75 Å². The maximum absolute atomic E-state index is 5.73.